The number of allylic oxidation sites excluding steroid dienone is 4. The number of nitrogens with one attached hydrogen (secondary N) is 1. The van der Waals surface area contributed by atoms with Crippen LogP contribution in [0.25, 0.3) is 0 Å². The van der Waals surface area contributed by atoms with Crippen LogP contribution in [0.15, 0.2) is 24.3 Å². The summed E-state index contributed by atoms with van der Waals surface area (Å²) in [6.45, 7) is 4.10. The molecule has 0 unspecified atom stereocenters. The maximum Gasteiger partial charge on any atom is 0.303 e. The van der Waals surface area contributed by atoms with Crippen LogP contribution in [0.3, 0.4) is 0 Å². The van der Waals surface area contributed by atoms with Crippen LogP contribution in [0.4, 0.5) is 0 Å². The molecule has 0 fully saturated rings. The number of hydrogen-bond acceptors (Lipinski definition) is 2. The minimum atomic E-state index is -0.699. The molecule has 2 N–H and O–H groups in total. The molecule has 146 valence electrons. The van der Waals surface area contributed by atoms with Crippen molar-refractivity contribution in [3.05, 3.63) is 24.3 Å². The molecular weight excluding hydrogens is 310 g/mol. The highest BCUT2D eigenvalue weighted by Gasteiger charge is 1.95. The average Bonchev–Trinajstić information content (AvgIpc) is 2.60. The van der Waals surface area contributed by atoms with Gasteiger partial charge in [-0.3, -0.25) is 4.79 Å². The second-order valence-electron chi connectivity index (χ2n) is 6.83. The van der Waals surface area contributed by atoms with Gasteiger partial charge in [-0.2, -0.15) is 0 Å². The third-order valence-corrected chi connectivity index (χ3v) is 4.30. The Morgan fingerprint density at radius 2 is 1.32 bits per heavy atom. The lowest BCUT2D eigenvalue weighted by Crippen LogP contribution is -2.17. The van der Waals surface area contributed by atoms with E-state index in [0.717, 1.165) is 25.9 Å². The Bertz CT molecular complexity index is 337. The van der Waals surface area contributed by atoms with Crippen molar-refractivity contribution in [2.24, 2.45) is 0 Å². The summed E-state index contributed by atoms with van der Waals surface area (Å²) in [5.74, 6) is -0.699. The van der Waals surface area contributed by atoms with Crippen molar-refractivity contribution in [1.82, 2.24) is 5.32 Å². The van der Waals surface area contributed by atoms with E-state index in [0.29, 0.717) is 0 Å². The Morgan fingerprint density at radius 3 is 1.96 bits per heavy atom. The quantitative estimate of drug-likeness (QED) is 0.213. The Labute approximate surface area is 156 Å². The number of hydrogen-bond donors (Lipinski definition) is 2. The van der Waals surface area contributed by atoms with Gasteiger partial charge in [-0.1, -0.05) is 69.8 Å². The molecule has 3 heteroatoms. The zero-order valence-electron chi connectivity index (χ0n) is 16.5. The van der Waals surface area contributed by atoms with Crippen LogP contribution in [-0.4, -0.2) is 24.2 Å². The number of aliphatic carboxylic acids is 1. The molecule has 0 aromatic carbocycles. The van der Waals surface area contributed by atoms with E-state index in [1.165, 1.54) is 70.6 Å². The van der Waals surface area contributed by atoms with Crippen molar-refractivity contribution in [3.63, 3.8) is 0 Å². The van der Waals surface area contributed by atoms with Crippen molar-refractivity contribution in [2.45, 2.75) is 96.8 Å². The van der Waals surface area contributed by atoms with Gasteiger partial charge in [-0.25, -0.2) is 0 Å². The fraction of sp³-hybridized carbons (Fsp3) is 0.773. The van der Waals surface area contributed by atoms with Gasteiger partial charge in [0.05, 0.1) is 0 Å². The first-order valence-electron chi connectivity index (χ1n) is 10.5. The lowest BCUT2D eigenvalue weighted by atomic mass is 10.1. The predicted octanol–water partition coefficient (Wildman–Crippen LogP) is 6.25. The van der Waals surface area contributed by atoms with Gasteiger partial charge in [0.15, 0.2) is 0 Å². The maximum atomic E-state index is 10.4. The lowest BCUT2D eigenvalue weighted by Gasteiger charge is -2.03. The molecule has 0 bridgehead atoms. The van der Waals surface area contributed by atoms with Gasteiger partial charge in [0.25, 0.3) is 0 Å². The zero-order valence-corrected chi connectivity index (χ0v) is 16.5. The smallest absolute Gasteiger partial charge is 0.303 e. The molecule has 0 atom stereocenters. The minimum absolute atomic E-state index is 0.274. The highest BCUT2D eigenvalue weighted by molar-refractivity contribution is 5.66. The van der Waals surface area contributed by atoms with E-state index in [1.54, 1.807) is 0 Å². The number of rotatable bonds is 19. The van der Waals surface area contributed by atoms with Crippen LogP contribution >= 0.6 is 0 Å². The Morgan fingerprint density at radius 1 is 0.760 bits per heavy atom. The van der Waals surface area contributed by atoms with Crippen molar-refractivity contribution in [1.29, 1.82) is 0 Å². The molecule has 0 saturated heterocycles. The highest BCUT2D eigenvalue weighted by Crippen LogP contribution is 2.07. The summed E-state index contributed by atoms with van der Waals surface area (Å²) in [7, 11) is 0. The second-order valence-corrected chi connectivity index (χ2v) is 6.83. The largest absolute Gasteiger partial charge is 0.481 e. The topological polar surface area (TPSA) is 49.3 Å². The van der Waals surface area contributed by atoms with Crippen molar-refractivity contribution >= 4 is 5.97 Å². The second kappa shape index (κ2) is 21.0. The van der Waals surface area contributed by atoms with Gasteiger partial charge in [0.1, 0.15) is 0 Å². The molecule has 0 aromatic heterocycles. The standard InChI is InChI=1S/C22H41NO2/c1-2-3-4-5-6-7-8-9-10-11-12-13-14-15-16-17-20-23-21-18-19-22(24)25/h6-7,9-10,23H,2-5,8,11-21H2,1H3,(H,24,25)/b7-6-,10-9-. The monoisotopic (exact) mass is 351 g/mol. The van der Waals surface area contributed by atoms with Gasteiger partial charge in [-0.15, -0.1) is 0 Å². The van der Waals surface area contributed by atoms with Crippen LogP contribution in [0.5, 0.6) is 0 Å². The summed E-state index contributed by atoms with van der Waals surface area (Å²) in [5, 5.41) is 11.8. The van der Waals surface area contributed by atoms with E-state index in [2.05, 4.69) is 36.5 Å². The van der Waals surface area contributed by atoms with Crippen molar-refractivity contribution < 1.29 is 9.90 Å². The Balaban J connectivity index is 3.13. The van der Waals surface area contributed by atoms with E-state index in [1.807, 2.05) is 0 Å². The van der Waals surface area contributed by atoms with Gasteiger partial charge in [0.2, 0.25) is 0 Å². The first-order valence-corrected chi connectivity index (χ1v) is 10.5. The number of unbranched alkanes of at least 4 members (excludes halogenated alkanes) is 9. The van der Waals surface area contributed by atoms with Crippen LogP contribution in [0, 0.1) is 0 Å². The summed E-state index contributed by atoms with van der Waals surface area (Å²) in [6, 6.07) is 0. The molecule has 0 aliphatic rings. The molecule has 3 nitrogen and oxygen atoms in total. The van der Waals surface area contributed by atoms with E-state index < -0.39 is 5.97 Å². The summed E-state index contributed by atoms with van der Waals surface area (Å²) in [4.78, 5) is 10.4. The first kappa shape index (κ1) is 23.9. The van der Waals surface area contributed by atoms with Crippen LogP contribution in [0.1, 0.15) is 96.8 Å². The fourth-order valence-electron chi connectivity index (χ4n) is 2.73. The maximum absolute atomic E-state index is 10.4. The average molecular weight is 352 g/mol. The molecule has 25 heavy (non-hydrogen) atoms. The SMILES string of the molecule is CCCCC/C=C\C/C=C\CCCCCCCCNCCCC(=O)O. The van der Waals surface area contributed by atoms with Crippen LogP contribution < -0.4 is 5.32 Å². The summed E-state index contributed by atoms with van der Waals surface area (Å²) in [5.41, 5.74) is 0. The summed E-state index contributed by atoms with van der Waals surface area (Å²) >= 11 is 0. The number of carbonyl (C=O) groups is 1. The molecule has 0 aromatic rings. The van der Waals surface area contributed by atoms with E-state index >= 15 is 0 Å². The first-order chi connectivity index (χ1) is 12.3. The van der Waals surface area contributed by atoms with E-state index in [-0.39, 0.29) is 6.42 Å². The molecule has 0 rings (SSSR count). The van der Waals surface area contributed by atoms with Crippen molar-refractivity contribution in [2.75, 3.05) is 13.1 Å². The molecule has 0 saturated carbocycles. The van der Waals surface area contributed by atoms with E-state index in [9.17, 15) is 4.79 Å². The van der Waals surface area contributed by atoms with Gasteiger partial charge < -0.3 is 10.4 Å². The molecule has 0 amide bonds. The molecular formula is C22H41NO2. The highest BCUT2D eigenvalue weighted by atomic mass is 16.4. The fourth-order valence-corrected chi connectivity index (χ4v) is 2.73. The van der Waals surface area contributed by atoms with Crippen molar-refractivity contribution in [3.8, 4) is 0 Å². The summed E-state index contributed by atoms with van der Waals surface area (Å²) < 4.78 is 0. The molecule has 0 aliphatic carbocycles. The Hall–Kier alpha value is -1.09. The van der Waals surface area contributed by atoms with Crippen LogP contribution in [0.2, 0.25) is 0 Å². The molecule has 0 heterocycles. The lowest BCUT2D eigenvalue weighted by molar-refractivity contribution is -0.137. The third kappa shape index (κ3) is 22.9. The third-order valence-electron chi connectivity index (χ3n) is 4.30. The molecule has 0 radical (unpaired) electrons. The molecule has 0 aliphatic heterocycles. The van der Waals surface area contributed by atoms with Crippen LogP contribution in [-0.2, 0) is 4.79 Å². The van der Waals surface area contributed by atoms with Gasteiger partial charge in [-0.05, 0) is 58.0 Å². The van der Waals surface area contributed by atoms with Gasteiger partial charge in [0, 0.05) is 6.42 Å². The predicted molar refractivity (Wildman–Crippen MR) is 109 cm³/mol. The Kier molecular flexibility index (Phi) is 20.0. The van der Waals surface area contributed by atoms with E-state index in [4.69, 9.17) is 5.11 Å². The number of carboxylic acids is 1. The number of carboxylic acid groups (broad SMARTS) is 1. The zero-order chi connectivity index (χ0) is 18.4. The summed E-state index contributed by atoms with van der Waals surface area (Å²) in [6.07, 6.45) is 25.6. The van der Waals surface area contributed by atoms with Gasteiger partial charge >= 0.3 is 5.97 Å². The molecule has 0 spiro atoms. The minimum Gasteiger partial charge on any atom is -0.481 e. The normalized spacial score (nSPS) is 11.7.